The van der Waals surface area contributed by atoms with Crippen molar-refractivity contribution in [1.29, 1.82) is 0 Å². The van der Waals surface area contributed by atoms with Crippen molar-refractivity contribution in [2.24, 2.45) is 0 Å². The van der Waals surface area contributed by atoms with Crippen LogP contribution in [0.5, 0.6) is 0 Å². The Kier molecular flexibility index (Phi) is 3.75. The third-order valence-corrected chi connectivity index (χ3v) is 4.06. The van der Waals surface area contributed by atoms with Crippen LogP contribution < -0.4 is 5.32 Å². The van der Waals surface area contributed by atoms with Gasteiger partial charge in [-0.3, -0.25) is 0 Å². The number of hydrogen-bond acceptors (Lipinski definition) is 5. The number of aromatic nitrogens is 2. The summed E-state index contributed by atoms with van der Waals surface area (Å²) in [6, 6.07) is 6.68. The van der Waals surface area contributed by atoms with E-state index in [2.05, 4.69) is 15.5 Å². The zero-order valence-corrected chi connectivity index (χ0v) is 11.8. The molecule has 0 saturated heterocycles. The molecule has 0 aliphatic rings. The first kappa shape index (κ1) is 13.2. The summed E-state index contributed by atoms with van der Waals surface area (Å²) in [5.41, 5.74) is 0. The first-order valence-electron chi connectivity index (χ1n) is 6.43. The maximum Gasteiger partial charge on any atom is 0.257 e. The highest BCUT2D eigenvalue weighted by atomic mass is 32.1. The normalized spacial score (nSPS) is 11.3. The van der Waals surface area contributed by atoms with E-state index < -0.39 is 0 Å². The van der Waals surface area contributed by atoms with Gasteiger partial charge in [0.1, 0.15) is 5.82 Å². The van der Waals surface area contributed by atoms with Crippen LogP contribution >= 0.6 is 11.3 Å². The van der Waals surface area contributed by atoms with Crippen molar-refractivity contribution in [1.82, 2.24) is 15.5 Å². The molecule has 104 valence electrons. The molecule has 0 amide bonds. The predicted octanol–water partition coefficient (Wildman–Crippen LogP) is 3.24. The zero-order chi connectivity index (χ0) is 13.9. The third-order valence-electron chi connectivity index (χ3n) is 2.98. The third kappa shape index (κ3) is 2.71. The van der Waals surface area contributed by atoms with Crippen LogP contribution in [-0.2, 0) is 6.42 Å². The van der Waals surface area contributed by atoms with Crippen molar-refractivity contribution >= 4 is 21.4 Å². The Labute approximate surface area is 119 Å². The Morgan fingerprint density at radius 1 is 1.30 bits per heavy atom. The van der Waals surface area contributed by atoms with Gasteiger partial charge in [-0.05, 0) is 43.6 Å². The number of aryl methyl sites for hydroxylation is 1. The SMILES string of the molecule is CNCCCc1nnc(-c2cc3ccc(F)cc3s2)o1. The number of nitrogens with zero attached hydrogens (tertiary/aromatic N) is 2. The van der Waals surface area contributed by atoms with E-state index in [1.54, 1.807) is 6.07 Å². The number of benzene rings is 1. The fourth-order valence-electron chi connectivity index (χ4n) is 1.98. The van der Waals surface area contributed by atoms with Gasteiger partial charge in [0.15, 0.2) is 0 Å². The van der Waals surface area contributed by atoms with Crippen LogP contribution in [0.4, 0.5) is 4.39 Å². The van der Waals surface area contributed by atoms with Gasteiger partial charge in [0.25, 0.3) is 5.89 Å². The summed E-state index contributed by atoms with van der Waals surface area (Å²) in [6.07, 6.45) is 1.71. The topological polar surface area (TPSA) is 51.0 Å². The van der Waals surface area contributed by atoms with E-state index in [0.29, 0.717) is 11.8 Å². The average Bonchev–Trinajstić information content (AvgIpc) is 3.04. The highest BCUT2D eigenvalue weighted by Crippen LogP contribution is 2.33. The number of thiophene rings is 1. The lowest BCUT2D eigenvalue weighted by molar-refractivity contribution is 0.495. The van der Waals surface area contributed by atoms with E-state index in [1.165, 1.54) is 23.5 Å². The standard InChI is InChI=1S/C14H14FN3OS/c1-16-6-2-3-13-17-18-14(19-13)12-7-9-4-5-10(15)8-11(9)20-12/h4-5,7-8,16H,2-3,6H2,1H3. The predicted molar refractivity (Wildman–Crippen MR) is 77.3 cm³/mol. The summed E-state index contributed by atoms with van der Waals surface area (Å²) in [4.78, 5) is 0.873. The lowest BCUT2D eigenvalue weighted by atomic mass is 10.2. The molecule has 0 fully saturated rings. The zero-order valence-electron chi connectivity index (χ0n) is 11.0. The molecule has 0 aliphatic carbocycles. The summed E-state index contributed by atoms with van der Waals surface area (Å²) in [5.74, 6) is 0.911. The summed E-state index contributed by atoms with van der Waals surface area (Å²) >= 11 is 1.46. The maximum atomic E-state index is 13.2. The monoisotopic (exact) mass is 291 g/mol. The van der Waals surface area contributed by atoms with Crippen molar-refractivity contribution in [3.8, 4) is 10.8 Å². The molecule has 1 N–H and O–H groups in total. The van der Waals surface area contributed by atoms with Gasteiger partial charge in [0.2, 0.25) is 5.89 Å². The van der Waals surface area contributed by atoms with Crippen LogP contribution in [0.25, 0.3) is 20.9 Å². The highest BCUT2D eigenvalue weighted by Gasteiger charge is 2.12. The van der Waals surface area contributed by atoms with Crippen LogP contribution in [-0.4, -0.2) is 23.8 Å². The van der Waals surface area contributed by atoms with Crippen molar-refractivity contribution < 1.29 is 8.81 Å². The van der Waals surface area contributed by atoms with E-state index in [9.17, 15) is 4.39 Å². The Hall–Kier alpha value is -1.79. The fraction of sp³-hybridized carbons (Fsp3) is 0.286. The van der Waals surface area contributed by atoms with E-state index in [4.69, 9.17) is 4.42 Å². The molecule has 0 bridgehead atoms. The Bertz CT molecular complexity index is 722. The van der Waals surface area contributed by atoms with Gasteiger partial charge in [-0.2, -0.15) is 0 Å². The van der Waals surface area contributed by atoms with Gasteiger partial charge in [-0.1, -0.05) is 6.07 Å². The molecule has 2 aromatic heterocycles. The Morgan fingerprint density at radius 2 is 2.20 bits per heavy atom. The quantitative estimate of drug-likeness (QED) is 0.733. The molecule has 0 atom stereocenters. The first-order chi connectivity index (χ1) is 9.76. The van der Waals surface area contributed by atoms with E-state index in [1.807, 2.05) is 13.1 Å². The minimum atomic E-state index is -0.232. The van der Waals surface area contributed by atoms with Crippen LogP contribution in [0.1, 0.15) is 12.3 Å². The summed E-state index contributed by atoms with van der Waals surface area (Å²) in [5, 5.41) is 12.2. The van der Waals surface area contributed by atoms with Gasteiger partial charge in [-0.15, -0.1) is 21.5 Å². The molecule has 3 rings (SSSR count). The number of rotatable bonds is 5. The minimum absolute atomic E-state index is 0.232. The second kappa shape index (κ2) is 5.68. The van der Waals surface area contributed by atoms with Crippen molar-refractivity contribution in [3.63, 3.8) is 0 Å². The number of halogens is 1. The first-order valence-corrected chi connectivity index (χ1v) is 7.24. The molecule has 1 aromatic carbocycles. The number of nitrogens with one attached hydrogen (secondary N) is 1. The molecule has 4 nitrogen and oxygen atoms in total. The molecular weight excluding hydrogens is 277 g/mol. The van der Waals surface area contributed by atoms with Gasteiger partial charge >= 0.3 is 0 Å². The lowest BCUT2D eigenvalue weighted by Gasteiger charge is -1.94. The molecule has 0 spiro atoms. The van der Waals surface area contributed by atoms with E-state index in [0.717, 1.165) is 34.3 Å². The second-order valence-electron chi connectivity index (χ2n) is 4.50. The summed E-state index contributed by atoms with van der Waals surface area (Å²) < 4.78 is 19.7. The Morgan fingerprint density at radius 3 is 3.05 bits per heavy atom. The summed E-state index contributed by atoms with van der Waals surface area (Å²) in [7, 11) is 1.91. The molecule has 3 aromatic rings. The molecule has 0 radical (unpaired) electrons. The number of fused-ring (bicyclic) bond motifs is 1. The van der Waals surface area contributed by atoms with E-state index in [-0.39, 0.29) is 5.82 Å². The Balaban J connectivity index is 1.83. The molecular formula is C14H14FN3OS. The van der Waals surface area contributed by atoms with Gasteiger partial charge in [-0.25, -0.2) is 4.39 Å². The van der Waals surface area contributed by atoms with Crippen LogP contribution in [0.3, 0.4) is 0 Å². The van der Waals surface area contributed by atoms with Gasteiger partial charge < -0.3 is 9.73 Å². The average molecular weight is 291 g/mol. The molecule has 0 aliphatic heterocycles. The second-order valence-corrected chi connectivity index (χ2v) is 5.58. The van der Waals surface area contributed by atoms with Crippen LogP contribution in [0, 0.1) is 5.82 Å². The molecule has 20 heavy (non-hydrogen) atoms. The van der Waals surface area contributed by atoms with Crippen LogP contribution in [0.2, 0.25) is 0 Å². The number of hydrogen-bond donors (Lipinski definition) is 1. The molecule has 6 heteroatoms. The smallest absolute Gasteiger partial charge is 0.257 e. The largest absolute Gasteiger partial charge is 0.420 e. The maximum absolute atomic E-state index is 13.2. The molecule has 0 unspecified atom stereocenters. The van der Waals surface area contributed by atoms with E-state index >= 15 is 0 Å². The van der Waals surface area contributed by atoms with Crippen molar-refractivity contribution in [3.05, 3.63) is 36.0 Å². The fourth-order valence-corrected chi connectivity index (χ4v) is 2.99. The van der Waals surface area contributed by atoms with Gasteiger partial charge in [0.05, 0.1) is 4.88 Å². The molecule has 2 heterocycles. The summed E-state index contributed by atoms with van der Waals surface area (Å²) in [6.45, 7) is 0.917. The highest BCUT2D eigenvalue weighted by molar-refractivity contribution is 7.22. The van der Waals surface area contributed by atoms with Gasteiger partial charge in [0, 0.05) is 11.1 Å². The minimum Gasteiger partial charge on any atom is -0.420 e. The van der Waals surface area contributed by atoms with Crippen molar-refractivity contribution in [2.75, 3.05) is 13.6 Å². The lowest BCUT2D eigenvalue weighted by Crippen LogP contribution is -2.08. The molecule has 0 saturated carbocycles. The van der Waals surface area contributed by atoms with Crippen LogP contribution in [0.15, 0.2) is 28.7 Å². The van der Waals surface area contributed by atoms with Crippen molar-refractivity contribution in [2.45, 2.75) is 12.8 Å².